The number of aromatic nitrogens is 1. The van der Waals surface area contributed by atoms with Gasteiger partial charge >= 0.3 is 6.09 Å². The highest BCUT2D eigenvalue weighted by Crippen LogP contribution is 2.17. The topological polar surface area (TPSA) is 105 Å². The smallest absolute Gasteiger partial charge is 0.408 e. The normalized spacial score (nSPS) is 12.1. The Labute approximate surface area is 158 Å². The predicted octanol–water partition coefficient (Wildman–Crippen LogP) is 2.27. The lowest BCUT2D eigenvalue weighted by Crippen LogP contribution is -2.48. The number of benzene rings is 1. The summed E-state index contributed by atoms with van der Waals surface area (Å²) in [7, 11) is 0. The molecule has 0 saturated heterocycles. The number of amides is 2. The first-order chi connectivity index (χ1) is 12.8. The third-order valence-corrected chi connectivity index (χ3v) is 3.32. The van der Waals surface area contributed by atoms with Gasteiger partial charge in [0.15, 0.2) is 5.58 Å². The number of hydrogen-bond donors (Lipinski definition) is 3. The molecular formula is C19H24N4O4. The van der Waals surface area contributed by atoms with Crippen molar-refractivity contribution < 1.29 is 18.7 Å². The average Bonchev–Trinajstić information content (AvgIpc) is 2.99. The van der Waals surface area contributed by atoms with Crippen molar-refractivity contribution in [2.45, 2.75) is 38.8 Å². The van der Waals surface area contributed by atoms with Crippen molar-refractivity contribution in [3.8, 4) is 12.3 Å². The summed E-state index contributed by atoms with van der Waals surface area (Å²) in [5.74, 6) is 1.99. The number of hydrogen-bond acceptors (Lipinski definition) is 6. The number of rotatable bonds is 7. The van der Waals surface area contributed by atoms with Gasteiger partial charge in [0.25, 0.3) is 6.01 Å². The van der Waals surface area contributed by atoms with E-state index >= 15 is 0 Å². The molecule has 0 saturated carbocycles. The number of ether oxygens (including phenoxy) is 1. The summed E-state index contributed by atoms with van der Waals surface area (Å²) in [6.07, 6.45) is 4.65. The number of nitrogens with zero attached hydrogens (tertiary/aromatic N) is 1. The van der Waals surface area contributed by atoms with Crippen LogP contribution in [0.5, 0.6) is 0 Å². The first kappa shape index (κ1) is 20.1. The number of alkyl carbamates (subject to hydrolysis) is 1. The third kappa shape index (κ3) is 6.55. The van der Waals surface area contributed by atoms with Gasteiger partial charge in [0, 0.05) is 19.5 Å². The molecule has 1 heterocycles. The Balaban J connectivity index is 1.79. The second-order valence-electron chi connectivity index (χ2n) is 6.81. The quantitative estimate of drug-likeness (QED) is 0.509. The minimum Gasteiger partial charge on any atom is -0.444 e. The van der Waals surface area contributed by atoms with Crippen molar-refractivity contribution in [2.75, 3.05) is 18.4 Å². The third-order valence-electron chi connectivity index (χ3n) is 3.32. The molecular weight excluding hydrogens is 348 g/mol. The Kier molecular flexibility index (Phi) is 6.66. The van der Waals surface area contributed by atoms with Crippen LogP contribution >= 0.6 is 0 Å². The molecule has 2 rings (SSSR count). The zero-order valence-corrected chi connectivity index (χ0v) is 15.7. The van der Waals surface area contributed by atoms with Crippen molar-refractivity contribution in [2.24, 2.45) is 0 Å². The first-order valence-corrected chi connectivity index (χ1v) is 8.58. The molecule has 0 aliphatic carbocycles. The minimum absolute atomic E-state index is 0.0592. The van der Waals surface area contributed by atoms with Crippen LogP contribution in [0.15, 0.2) is 28.7 Å². The fraction of sp³-hybridized carbons (Fsp3) is 0.421. The van der Waals surface area contributed by atoms with Gasteiger partial charge in [0.2, 0.25) is 5.91 Å². The van der Waals surface area contributed by atoms with Gasteiger partial charge < -0.3 is 25.1 Å². The summed E-state index contributed by atoms with van der Waals surface area (Å²) in [4.78, 5) is 28.4. The van der Waals surface area contributed by atoms with Crippen LogP contribution in [-0.2, 0) is 9.53 Å². The lowest BCUT2D eigenvalue weighted by atomic mass is 10.2. The molecule has 144 valence electrons. The monoisotopic (exact) mass is 372 g/mol. The van der Waals surface area contributed by atoms with Gasteiger partial charge in [-0.05, 0) is 32.9 Å². The van der Waals surface area contributed by atoms with Crippen LogP contribution in [0.1, 0.15) is 27.2 Å². The average molecular weight is 372 g/mol. The molecule has 0 fully saturated rings. The highest BCUT2D eigenvalue weighted by atomic mass is 16.6. The van der Waals surface area contributed by atoms with Crippen molar-refractivity contribution >= 4 is 29.1 Å². The molecule has 0 radical (unpaired) electrons. The lowest BCUT2D eigenvalue weighted by Gasteiger charge is -2.22. The highest BCUT2D eigenvalue weighted by molar-refractivity contribution is 5.86. The Morgan fingerprint density at radius 3 is 2.70 bits per heavy atom. The van der Waals surface area contributed by atoms with E-state index in [4.69, 9.17) is 15.6 Å². The Hall–Kier alpha value is -3.21. The van der Waals surface area contributed by atoms with Crippen molar-refractivity contribution in [3.05, 3.63) is 24.3 Å². The van der Waals surface area contributed by atoms with Gasteiger partial charge in [-0.15, -0.1) is 12.3 Å². The maximum Gasteiger partial charge on any atom is 0.408 e. The molecule has 8 heteroatoms. The molecule has 1 atom stereocenters. The van der Waals surface area contributed by atoms with E-state index in [1.807, 2.05) is 24.3 Å². The number of para-hydroxylation sites is 2. The molecule has 8 nitrogen and oxygen atoms in total. The van der Waals surface area contributed by atoms with E-state index in [1.54, 1.807) is 20.8 Å². The van der Waals surface area contributed by atoms with E-state index in [-0.39, 0.29) is 6.42 Å². The standard InChI is InChI=1S/C19H24N4O4/c1-5-8-14(23-18(25)27-19(2,3)4)16(24)20-11-12-21-17-22-13-9-6-7-10-15(13)26-17/h1,6-7,9-10,14H,8,11-12H2,2-4H3,(H,20,24)(H,21,22)(H,23,25). The number of terminal acetylenes is 1. The maximum atomic E-state index is 12.2. The summed E-state index contributed by atoms with van der Waals surface area (Å²) in [6, 6.07) is 6.91. The maximum absolute atomic E-state index is 12.2. The van der Waals surface area contributed by atoms with Crippen molar-refractivity contribution in [3.63, 3.8) is 0 Å². The molecule has 1 aromatic carbocycles. The van der Waals surface area contributed by atoms with Crippen LogP contribution < -0.4 is 16.0 Å². The summed E-state index contributed by atoms with van der Waals surface area (Å²) in [5, 5.41) is 8.17. The molecule has 1 unspecified atom stereocenters. The summed E-state index contributed by atoms with van der Waals surface area (Å²) < 4.78 is 10.7. The second kappa shape index (κ2) is 8.94. The van der Waals surface area contributed by atoms with Gasteiger partial charge in [0.05, 0.1) is 0 Å². The molecule has 2 amide bonds. The zero-order chi connectivity index (χ0) is 19.9. The molecule has 3 N–H and O–H groups in total. The number of nitrogens with one attached hydrogen (secondary N) is 3. The molecule has 0 aliphatic heterocycles. The lowest BCUT2D eigenvalue weighted by molar-refractivity contribution is -0.123. The summed E-state index contributed by atoms with van der Waals surface area (Å²) in [6.45, 7) is 5.91. The van der Waals surface area contributed by atoms with E-state index < -0.39 is 23.6 Å². The van der Waals surface area contributed by atoms with Crippen LogP contribution in [0.3, 0.4) is 0 Å². The van der Waals surface area contributed by atoms with E-state index in [0.717, 1.165) is 5.52 Å². The molecule has 2 aromatic rings. The number of fused-ring (bicyclic) bond motifs is 1. The van der Waals surface area contributed by atoms with Crippen LogP contribution in [0.4, 0.5) is 10.8 Å². The van der Waals surface area contributed by atoms with E-state index in [9.17, 15) is 9.59 Å². The van der Waals surface area contributed by atoms with Crippen LogP contribution in [0.2, 0.25) is 0 Å². The molecule has 0 spiro atoms. The van der Waals surface area contributed by atoms with Crippen molar-refractivity contribution in [1.29, 1.82) is 0 Å². The molecule has 27 heavy (non-hydrogen) atoms. The second-order valence-corrected chi connectivity index (χ2v) is 6.81. The van der Waals surface area contributed by atoms with Gasteiger partial charge in [-0.25, -0.2) is 4.79 Å². The SMILES string of the molecule is C#CCC(NC(=O)OC(C)(C)C)C(=O)NCCNc1nc2ccccc2o1. The van der Waals surface area contributed by atoms with Crippen LogP contribution in [-0.4, -0.2) is 41.7 Å². The van der Waals surface area contributed by atoms with E-state index in [2.05, 4.69) is 26.9 Å². The number of carbonyl (C=O) groups is 2. The fourth-order valence-electron chi connectivity index (χ4n) is 2.20. The Morgan fingerprint density at radius 1 is 1.30 bits per heavy atom. The van der Waals surface area contributed by atoms with E-state index in [0.29, 0.717) is 24.7 Å². The van der Waals surface area contributed by atoms with Crippen LogP contribution in [0.25, 0.3) is 11.1 Å². The van der Waals surface area contributed by atoms with E-state index in [1.165, 1.54) is 0 Å². The Morgan fingerprint density at radius 2 is 2.04 bits per heavy atom. The summed E-state index contributed by atoms with van der Waals surface area (Å²) >= 11 is 0. The van der Waals surface area contributed by atoms with Gasteiger partial charge in [-0.3, -0.25) is 4.79 Å². The highest BCUT2D eigenvalue weighted by Gasteiger charge is 2.23. The number of carbonyl (C=O) groups excluding carboxylic acids is 2. The van der Waals surface area contributed by atoms with Gasteiger partial charge in [0.1, 0.15) is 17.2 Å². The molecule has 1 aromatic heterocycles. The molecule has 0 aliphatic rings. The number of anilines is 1. The summed E-state index contributed by atoms with van der Waals surface area (Å²) in [5.41, 5.74) is 0.768. The largest absolute Gasteiger partial charge is 0.444 e. The van der Waals surface area contributed by atoms with Gasteiger partial charge in [-0.1, -0.05) is 12.1 Å². The van der Waals surface area contributed by atoms with Crippen LogP contribution in [0, 0.1) is 12.3 Å². The minimum atomic E-state index is -0.867. The first-order valence-electron chi connectivity index (χ1n) is 8.58. The van der Waals surface area contributed by atoms with Gasteiger partial charge in [-0.2, -0.15) is 4.98 Å². The fourth-order valence-corrected chi connectivity index (χ4v) is 2.20. The Bertz CT molecular complexity index is 799. The predicted molar refractivity (Wildman–Crippen MR) is 102 cm³/mol. The van der Waals surface area contributed by atoms with Crippen molar-refractivity contribution in [1.82, 2.24) is 15.6 Å². The zero-order valence-electron chi connectivity index (χ0n) is 15.7. The number of oxazole rings is 1. The molecule has 0 bridgehead atoms.